The van der Waals surface area contributed by atoms with Crippen LogP contribution in [0.5, 0.6) is 0 Å². The van der Waals surface area contributed by atoms with E-state index < -0.39 is 59.7 Å². The molecule has 1 aromatic heterocycles. The van der Waals surface area contributed by atoms with Crippen molar-refractivity contribution in [1.82, 2.24) is 21.3 Å². The third-order valence-electron chi connectivity index (χ3n) is 7.18. The highest BCUT2D eigenvalue weighted by Crippen LogP contribution is 2.14. The number of thiophene rings is 1. The van der Waals surface area contributed by atoms with Crippen LogP contribution < -0.4 is 26.6 Å². The van der Waals surface area contributed by atoms with Crippen molar-refractivity contribution in [2.75, 3.05) is 5.32 Å². The molecule has 2 bridgehead atoms. The molecule has 2 aromatic carbocycles. The molecule has 0 fully saturated rings. The number of carbonyl (C=O) groups is 6. The molecule has 45 heavy (non-hydrogen) atoms. The fraction of sp³-hybridized carbons (Fsp3) is 0.312. The van der Waals surface area contributed by atoms with Crippen LogP contribution in [0, 0.1) is 0 Å². The molecule has 0 saturated heterocycles. The average molecular weight is 634 g/mol. The highest BCUT2D eigenvalue weighted by Gasteiger charge is 2.30. The van der Waals surface area contributed by atoms with Crippen LogP contribution in [0.25, 0.3) is 0 Å². The summed E-state index contributed by atoms with van der Waals surface area (Å²) in [5, 5.41) is 24.9. The molecule has 3 heterocycles. The predicted octanol–water partition coefficient (Wildman–Crippen LogP) is 1.55. The van der Waals surface area contributed by atoms with Crippen molar-refractivity contribution in [3.05, 3.63) is 88.1 Å². The SMILES string of the molecule is C[C@@H]1NC(=O)[C@@H](Cc2cccs2)NC(=O)CCC(=O)Nc2ccc(cc2)C[C@@H](C(=O)O)NC(=O)[C@@H](Cc2ccccc2)NC1=O. The van der Waals surface area contributed by atoms with Gasteiger partial charge in [0.2, 0.25) is 29.5 Å². The molecule has 13 heteroatoms. The molecule has 4 atom stereocenters. The molecular formula is C32H35N5O7S. The van der Waals surface area contributed by atoms with Gasteiger partial charge in [0, 0.05) is 42.7 Å². The number of fused-ring (bicyclic) bond motifs is 18. The highest BCUT2D eigenvalue weighted by atomic mass is 32.1. The van der Waals surface area contributed by atoms with Crippen LogP contribution in [-0.4, -0.2) is 64.8 Å². The van der Waals surface area contributed by atoms with Gasteiger partial charge in [-0.2, -0.15) is 0 Å². The van der Waals surface area contributed by atoms with E-state index in [1.54, 1.807) is 54.6 Å². The maximum atomic E-state index is 13.5. The topological polar surface area (TPSA) is 183 Å². The Morgan fingerprint density at radius 3 is 2.09 bits per heavy atom. The minimum atomic E-state index is -1.31. The van der Waals surface area contributed by atoms with E-state index in [1.165, 1.54) is 18.3 Å². The molecule has 5 rings (SSSR count). The first-order chi connectivity index (χ1) is 21.6. The van der Waals surface area contributed by atoms with E-state index >= 15 is 0 Å². The van der Waals surface area contributed by atoms with Crippen molar-refractivity contribution >= 4 is 52.5 Å². The Kier molecular flexibility index (Phi) is 11.4. The van der Waals surface area contributed by atoms with E-state index in [0.29, 0.717) is 11.3 Å². The molecule has 2 aliphatic heterocycles. The first-order valence-corrected chi connectivity index (χ1v) is 15.3. The lowest BCUT2D eigenvalue weighted by atomic mass is 10.0. The summed E-state index contributed by atoms with van der Waals surface area (Å²) in [6.07, 6.45) is -0.146. The summed E-state index contributed by atoms with van der Waals surface area (Å²) >= 11 is 1.40. The molecule has 236 valence electrons. The Bertz CT molecular complexity index is 1510. The zero-order valence-electron chi connectivity index (χ0n) is 24.6. The lowest BCUT2D eigenvalue weighted by Gasteiger charge is -2.24. The van der Waals surface area contributed by atoms with Gasteiger partial charge in [0.1, 0.15) is 24.2 Å². The Morgan fingerprint density at radius 2 is 1.42 bits per heavy atom. The zero-order valence-corrected chi connectivity index (χ0v) is 25.4. The number of nitrogens with one attached hydrogen (secondary N) is 5. The summed E-state index contributed by atoms with van der Waals surface area (Å²) in [6.45, 7) is 1.44. The van der Waals surface area contributed by atoms with Gasteiger partial charge in [0.25, 0.3) is 0 Å². The molecule has 0 radical (unpaired) electrons. The van der Waals surface area contributed by atoms with E-state index in [1.807, 2.05) is 17.5 Å². The molecule has 3 aromatic rings. The van der Waals surface area contributed by atoms with Crippen LogP contribution in [0.2, 0.25) is 0 Å². The van der Waals surface area contributed by atoms with Crippen molar-refractivity contribution in [2.24, 2.45) is 0 Å². The number of hydrogen-bond acceptors (Lipinski definition) is 7. The molecule has 0 spiro atoms. The number of carboxylic acid groups (broad SMARTS) is 1. The molecule has 5 amide bonds. The number of rotatable bonds is 5. The van der Waals surface area contributed by atoms with Crippen LogP contribution >= 0.6 is 11.3 Å². The van der Waals surface area contributed by atoms with Crippen LogP contribution in [0.15, 0.2) is 72.1 Å². The summed E-state index contributed by atoms with van der Waals surface area (Å²) in [5.41, 5.74) is 1.76. The van der Waals surface area contributed by atoms with Crippen molar-refractivity contribution in [3.63, 3.8) is 0 Å². The van der Waals surface area contributed by atoms with Gasteiger partial charge in [0.15, 0.2) is 0 Å². The van der Waals surface area contributed by atoms with Crippen molar-refractivity contribution in [3.8, 4) is 0 Å². The monoisotopic (exact) mass is 633 g/mol. The zero-order chi connectivity index (χ0) is 32.3. The first-order valence-electron chi connectivity index (χ1n) is 14.5. The van der Waals surface area contributed by atoms with Crippen LogP contribution in [-0.2, 0) is 48.0 Å². The van der Waals surface area contributed by atoms with E-state index in [4.69, 9.17) is 0 Å². The highest BCUT2D eigenvalue weighted by molar-refractivity contribution is 7.09. The molecule has 6 N–H and O–H groups in total. The smallest absolute Gasteiger partial charge is 0.326 e. The maximum absolute atomic E-state index is 13.5. The Hall–Kier alpha value is -5.04. The van der Waals surface area contributed by atoms with Crippen molar-refractivity contribution in [2.45, 2.75) is 63.2 Å². The molecule has 2 aliphatic rings. The third-order valence-corrected chi connectivity index (χ3v) is 8.07. The number of aliphatic carboxylic acids is 1. The first kappa shape index (κ1) is 32.9. The number of benzene rings is 2. The Labute approximate surface area is 264 Å². The van der Waals surface area contributed by atoms with E-state index in [-0.39, 0.29) is 32.1 Å². The van der Waals surface area contributed by atoms with Crippen LogP contribution in [0.3, 0.4) is 0 Å². The molecular weight excluding hydrogens is 598 g/mol. The Morgan fingerprint density at radius 1 is 0.756 bits per heavy atom. The summed E-state index contributed by atoms with van der Waals surface area (Å²) in [5.74, 6) is -4.21. The lowest BCUT2D eigenvalue weighted by molar-refractivity contribution is -0.142. The third kappa shape index (κ3) is 10.00. The van der Waals surface area contributed by atoms with Crippen LogP contribution in [0.4, 0.5) is 5.69 Å². The van der Waals surface area contributed by atoms with Crippen LogP contribution in [0.1, 0.15) is 35.8 Å². The fourth-order valence-electron chi connectivity index (χ4n) is 4.72. The van der Waals surface area contributed by atoms with Gasteiger partial charge in [-0.1, -0.05) is 48.5 Å². The quantitative estimate of drug-likeness (QED) is 0.230. The Balaban J connectivity index is 1.61. The van der Waals surface area contributed by atoms with Gasteiger partial charge in [0.05, 0.1) is 0 Å². The van der Waals surface area contributed by atoms with Gasteiger partial charge in [-0.25, -0.2) is 4.79 Å². The normalized spacial score (nSPS) is 22.2. The standard InChI is InChI=1S/C32H35N5O7S/c1-19-29(40)36-24(16-20-6-3-2-4-7-20)31(42)37-26(32(43)44)17-21-9-11-22(12-10-21)34-27(38)13-14-28(39)35-25(30(41)33-19)18-23-8-5-15-45-23/h2-12,15,19,24-26H,13-14,16-18H2,1H3,(H,33,41)(H,34,38)(H,35,39)(H,36,40)(H,37,42)(H,43,44)/t19-,24+,25+,26-/m0/s1. The second-order valence-corrected chi connectivity index (χ2v) is 11.8. The number of amides is 5. The van der Waals surface area contributed by atoms with Gasteiger partial charge in [-0.15, -0.1) is 11.3 Å². The minimum Gasteiger partial charge on any atom is -0.480 e. The summed E-state index contributed by atoms with van der Waals surface area (Å²) in [7, 11) is 0. The van der Waals surface area contributed by atoms with Gasteiger partial charge < -0.3 is 31.7 Å². The molecule has 12 nitrogen and oxygen atoms in total. The largest absolute Gasteiger partial charge is 0.480 e. The number of carboxylic acids is 1. The van der Waals surface area contributed by atoms with E-state index in [0.717, 1.165) is 10.4 Å². The summed E-state index contributed by atoms with van der Waals surface area (Å²) < 4.78 is 0. The molecule has 0 saturated carbocycles. The lowest BCUT2D eigenvalue weighted by Crippen LogP contribution is -2.58. The van der Waals surface area contributed by atoms with Crippen molar-refractivity contribution < 1.29 is 33.9 Å². The number of carbonyl (C=O) groups excluding carboxylic acids is 5. The fourth-order valence-corrected chi connectivity index (χ4v) is 5.48. The van der Waals surface area contributed by atoms with Crippen molar-refractivity contribution in [1.29, 1.82) is 0 Å². The second-order valence-electron chi connectivity index (χ2n) is 10.7. The average Bonchev–Trinajstić information content (AvgIpc) is 3.53. The van der Waals surface area contributed by atoms with E-state index in [9.17, 15) is 33.9 Å². The van der Waals surface area contributed by atoms with Gasteiger partial charge in [-0.3, -0.25) is 24.0 Å². The number of anilines is 1. The molecule has 0 unspecified atom stereocenters. The maximum Gasteiger partial charge on any atom is 0.326 e. The number of hydrogen-bond donors (Lipinski definition) is 6. The molecule has 0 aliphatic carbocycles. The van der Waals surface area contributed by atoms with Gasteiger partial charge in [-0.05, 0) is 41.6 Å². The summed E-state index contributed by atoms with van der Waals surface area (Å²) in [6, 6.07) is 14.4. The second kappa shape index (κ2) is 15.6. The minimum absolute atomic E-state index is 0.0560. The van der Waals surface area contributed by atoms with E-state index in [2.05, 4.69) is 26.6 Å². The summed E-state index contributed by atoms with van der Waals surface area (Å²) in [4.78, 5) is 78.3. The predicted molar refractivity (Wildman–Crippen MR) is 167 cm³/mol. The van der Waals surface area contributed by atoms with Gasteiger partial charge >= 0.3 is 5.97 Å².